The first-order valence-corrected chi connectivity index (χ1v) is 12.3. The number of nitrogens with one attached hydrogen (secondary N) is 1. The second-order valence-corrected chi connectivity index (χ2v) is 9.32. The van der Waals surface area contributed by atoms with E-state index in [0.29, 0.717) is 31.9 Å². The van der Waals surface area contributed by atoms with Crippen molar-refractivity contribution < 1.29 is 19.7 Å². The number of amides is 1. The van der Waals surface area contributed by atoms with E-state index in [-0.39, 0.29) is 17.4 Å². The number of hydrogen-bond acceptors (Lipinski definition) is 4. The Morgan fingerprint density at radius 1 is 1.00 bits per heavy atom. The molecule has 0 heterocycles. The maximum absolute atomic E-state index is 12.8. The highest BCUT2D eigenvalue weighted by Gasteiger charge is 2.30. The summed E-state index contributed by atoms with van der Waals surface area (Å²) in [6.45, 7) is 8.55. The van der Waals surface area contributed by atoms with Crippen molar-refractivity contribution in [1.29, 1.82) is 0 Å². The van der Waals surface area contributed by atoms with E-state index in [9.17, 15) is 15.0 Å². The van der Waals surface area contributed by atoms with Crippen molar-refractivity contribution in [3.63, 3.8) is 0 Å². The highest BCUT2D eigenvalue weighted by Crippen LogP contribution is 2.33. The van der Waals surface area contributed by atoms with Crippen molar-refractivity contribution in [2.45, 2.75) is 71.1 Å². The molecule has 2 aromatic rings. The molecule has 0 fully saturated rings. The van der Waals surface area contributed by atoms with Gasteiger partial charge in [0.1, 0.15) is 11.5 Å². The van der Waals surface area contributed by atoms with Gasteiger partial charge in [-0.15, -0.1) is 0 Å². The highest BCUT2D eigenvalue weighted by molar-refractivity contribution is 5.77. The van der Waals surface area contributed by atoms with Crippen LogP contribution in [0.5, 0.6) is 11.5 Å². The summed E-state index contributed by atoms with van der Waals surface area (Å²) in [5, 5.41) is 22.3. The number of hydrogen-bond donors (Lipinski definition) is 3. The van der Waals surface area contributed by atoms with Gasteiger partial charge in [0, 0.05) is 31.6 Å². The van der Waals surface area contributed by atoms with Crippen LogP contribution in [-0.2, 0) is 21.4 Å². The van der Waals surface area contributed by atoms with E-state index in [0.717, 1.165) is 30.6 Å². The molecule has 182 valence electrons. The van der Waals surface area contributed by atoms with Gasteiger partial charge in [-0.25, -0.2) is 0 Å². The maximum Gasteiger partial charge on any atom is 0.220 e. The van der Waals surface area contributed by atoms with Gasteiger partial charge in [0.25, 0.3) is 0 Å². The first-order valence-electron chi connectivity index (χ1n) is 12.3. The van der Waals surface area contributed by atoms with E-state index in [1.54, 1.807) is 24.3 Å². The van der Waals surface area contributed by atoms with Gasteiger partial charge < -0.3 is 20.3 Å². The van der Waals surface area contributed by atoms with E-state index in [1.165, 1.54) is 19.3 Å². The predicted octanol–water partition coefficient (Wildman–Crippen LogP) is 5.73. The third-order valence-electron chi connectivity index (χ3n) is 6.33. The third-order valence-corrected chi connectivity index (χ3v) is 6.33. The Kier molecular flexibility index (Phi) is 11.2. The molecule has 0 aliphatic heterocycles. The average molecular weight is 456 g/mol. The molecule has 0 saturated heterocycles. The number of ether oxygens (including phenoxy) is 1. The quantitative estimate of drug-likeness (QED) is 0.300. The minimum Gasteiger partial charge on any atom is -0.508 e. The number of phenolic OH excluding ortho intramolecular Hbond substituents is 2. The molecular weight excluding hydrogens is 414 g/mol. The molecule has 2 aromatic carbocycles. The molecule has 5 nitrogen and oxygen atoms in total. The van der Waals surface area contributed by atoms with E-state index < -0.39 is 5.41 Å². The van der Waals surface area contributed by atoms with Crippen molar-refractivity contribution >= 4 is 5.91 Å². The molecule has 2 atom stereocenters. The number of aromatic hydroxyl groups is 2. The summed E-state index contributed by atoms with van der Waals surface area (Å²) in [5.74, 6) is 1.06. The fourth-order valence-corrected chi connectivity index (χ4v) is 4.16. The maximum atomic E-state index is 12.8. The van der Waals surface area contributed by atoms with Crippen molar-refractivity contribution in [3.8, 4) is 11.5 Å². The van der Waals surface area contributed by atoms with Crippen molar-refractivity contribution in [1.82, 2.24) is 5.32 Å². The molecule has 3 N–H and O–H groups in total. The summed E-state index contributed by atoms with van der Waals surface area (Å²) in [4.78, 5) is 12.8. The first-order chi connectivity index (χ1) is 15.9. The summed E-state index contributed by atoms with van der Waals surface area (Å²) in [6, 6.07) is 14.2. The standard InChI is InChI=1S/C28H41NO4/c1-4-6-8-22(5-2)21-33-18-7-17-29-27(32)20-28(3,24-11-15-26(31)16-12-24)19-23-9-13-25(30)14-10-23/h9-16,22,30-31H,4-8,17-21H2,1-3H3,(H,29,32). The molecule has 0 bridgehead atoms. The molecule has 0 aliphatic rings. The number of phenols is 2. The monoisotopic (exact) mass is 455 g/mol. The largest absolute Gasteiger partial charge is 0.508 e. The Morgan fingerprint density at radius 3 is 2.24 bits per heavy atom. The number of rotatable bonds is 15. The fourth-order valence-electron chi connectivity index (χ4n) is 4.16. The molecule has 0 spiro atoms. The molecule has 0 aromatic heterocycles. The van der Waals surface area contributed by atoms with E-state index >= 15 is 0 Å². The van der Waals surface area contributed by atoms with Crippen molar-refractivity contribution in [2.75, 3.05) is 19.8 Å². The van der Waals surface area contributed by atoms with E-state index in [2.05, 4.69) is 26.1 Å². The number of carbonyl (C=O) groups is 1. The lowest BCUT2D eigenvalue weighted by Crippen LogP contribution is -2.35. The second-order valence-electron chi connectivity index (χ2n) is 9.32. The van der Waals surface area contributed by atoms with Gasteiger partial charge in [0.2, 0.25) is 5.91 Å². The number of carbonyl (C=O) groups excluding carboxylic acids is 1. The molecule has 0 aliphatic carbocycles. The van der Waals surface area contributed by atoms with Crippen LogP contribution in [0.25, 0.3) is 0 Å². The van der Waals surface area contributed by atoms with Gasteiger partial charge >= 0.3 is 0 Å². The van der Waals surface area contributed by atoms with Crippen LogP contribution < -0.4 is 5.32 Å². The zero-order valence-corrected chi connectivity index (χ0v) is 20.5. The summed E-state index contributed by atoms with van der Waals surface area (Å²) < 4.78 is 5.84. The minimum absolute atomic E-state index is 0.00117. The first kappa shape index (κ1) is 26.7. The van der Waals surface area contributed by atoms with Crippen LogP contribution in [0.1, 0.15) is 70.4 Å². The lowest BCUT2D eigenvalue weighted by molar-refractivity contribution is -0.122. The zero-order valence-electron chi connectivity index (χ0n) is 20.5. The van der Waals surface area contributed by atoms with Gasteiger partial charge in [-0.2, -0.15) is 0 Å². The van der Waals surface area contributed by atoms with Crippen molar-refractivity contribution in [2.24, 2.45) is 5.92 Å². The van der Waals surface area contributed by atoms with E-state index in [1.807, 2.05) is 24.3 Å². The van der Waals surface area contributed by atoms with Crippen LogP contribution in [0.4, 0.5) is 0 Å². The van der Waals surface area contributed by atoms with Crippen LogP contribution in [0.15, 0.2) is 48.5 Å². The summed E-state index contributed by atoms with van der Waals surface area (Å²) in [6.07, 6.45) is 6.61. The summed E-state index contributed by atoms with van der Waals surface area (Å²) in [7, 11) is 0. The Morgan fingerprint density at radius 2 is 1.64 bits per heavy atom. The fraction of sp³-hybridized carbons (Fsp3) is 0.536. The molecule has 0 saturated carbocycles. The Balaban J connectivity index is 1.87. The topological polar surface area (TPSA) is 78.8 Å². The van der Waals surface area contributed by atoms with Crippen LogP contribution >= 0.6 is 0 Å². The molecular formula is C28H41NO4. The Bertz CT molecular complexity index is 819. The predicted molar refractivity (Wildman–Crippen MR) is 134 cm³/mol. The van der Waals surface area contributed by atoms with Crippen LogP contribution in [0, 0.1) is 5.92 Å². The summed E-state index contributed by atoms with van der Waals surface area (Å²) in [5.41, 5.74) is 1.58. The van der Waals surface area contributed by atoms with E-state index in [4.69, 9.17) is 4.74 Å². The average Bonchev–Trinajstić information content (AvgIpc) is 2.80. The Hall–Kier alpha value is -2.53. The Labute approximate surface area is 199 Å². The van der Waals surface area contributed by atoms with Gasteiger partial charge in [-0.3, -0.25) is 4.79 Å². The molecule has 5 heteroatoms. The molecule has 2 rings (SSSR count). The van der Waals surface area contributed by atoms with Gasteiger partial charge in [-0.05, 0) is 60.6 Å². The SMILES string of the molecule is CCCCC(CC)COCCCNC(=O)CC(C)(Cc1ccc(O)cc1)c1ccc(O)cc1. The number of benzene rings is 2. The molecule has 0 radical (unpaired) electrons. The van der Waals surface area contributed by atoms with Crippen LogP contribution in [0.2, 0.25) is 0 Å². The zero-order chi connectivity index (χ0) is 24.1. The van der Waals surface area contributed by atoms with Crippen LogP contribution in [0.3, 0.4) is 0 Å². The van der Waals surface area contributed by atoms with Crippen LogP contribution in [-0.4, -0.2) is 35.9 Å². The van der Waals surface area contributed by atoms with Gasteiger partial charge in [-0.1, -0.05) is 64.3 Å². The lowest BCUT2D eigenvalue weighted by Gasteiger charge is -2.30. The smallest absolute Gasteiger partial charge is 0.220 e. The summed E-state index contributed by atoms with van der Waals surface area (Å²) >= 11 is 0. The lowest BCUT2D eigenvalue weighted by atomic mass is 9.74. The van der Waals surface area contributed by atoms with Gasteiger partial charge in [0.05, 0.1) is 0 Å². The van der Waals surface area contributed by atoms with Gasteiger partial charge in [0.15, 0.2) is 0 Å². The number of unbranched alkanes of at least 4 members (excludes halogenated alkanes) is 1. The highest BCUT2D eigenvalue weighted by atomic mass is 16.5. The van der Waals surface area contributed by atoms with Crippen molar-refractivity contribution in [3.05, 3.63) is 59.7 Å². The molecule has 2 unspecified atom stereocenters. The second kappa shape index (κ2) is 13.9. The molecule has 33 heavy (non-hydrogen) atoms. The third kappa shape index (κ3) is 9.47. The molecule has 1 amide bonds. The normalized spacial score (nSPS) is 13.9. The minimum atomic E-state index is -0.446.